The summed E-state index contributed by atoms with van der Waals surface area (Å²) in [5.74, 6) is 0.236. The van der Waals surface area contributed by atoms with Crippen LogP contribution in [0.2, 0.25) is 0 Å². The second-order valence-electron chi connectivity index (χ2n) is 6.02. The largest absolute Gasteiger partial charge is 0.326 e. The predicted molar refractivity (Wildman–Crippen MR) is 106 cm³/mol. The van der Waals surface area contributed by atoms with Crippen molar-refractivity contribution in [3.63, 3.8) is 0 Å². The Morgan fingerprint density at radius 2 is 1.76 bits per heavy atom. The first kappa shape index (κ1) is 18.0. The molecule has 1 aliphatic carbocycles. The van der Waals surface area contributed by atoms with Crippen molar-refractivity contribution >= 4 is 50.9 Å². The van der Waals surface area contributed by atoms with Crippen LogP contribution in [0.5, 0.6) is 0 Å². The van der Waals surface area contributed by atoms with Gasteiger partial charge in [-0.05, 0) is 72.1 Å². The lowest BCUT2D eigenvalue weighted by molar-refractivity contribution is -0.117. The molecule has 0 spiro atoms. The van der Waals surface area contributed by atoms with Crippen molar-refractivity contribution in [3.05, 3.63) is 53.0 Å². The first-order valence-electron chi connectivity index (χ1n) is 8.16. The molecule has 1 unspecified atom stereocenters. The minimum absolute atomic E-state index is 0.0528. The van der Waals surface area contributed by atoms with Gasteiger partial charge in [-0.25, -0.2) is 0 Å². The fraction of sp³-hybridized carbons (Fsp3) is 0.263. The first-order valence-corrected chi connectivity index (χ1v) is 9.83. The molecule has 2 amide bonds. The summed E-state index contributed by atoms with van der Waals surface area (Å²) in [6, 6.07) is 15.1. The molecule has 0 saturated heterocycles. The molecule has 0 aliphatic heterocycles. The zero-order chi connectivity index (χ0) is 17.8. The van der Waals surface area contributed by atoms with E-state index in [9.17, 15) is 9.59 Å². The Kier molecular flexibility index (Phi) is 5.81. The molecule has 0 aromatic heterocycles. The van der Waals surface area contributed by atoms with Gasteiger partial charge in [-0.3, -0.25) is 9.59 Å². The van der Waals surface area contributed by atoms with Gasteiger partial charge in [-0.2, -0.15) is 0 Å². The Labute approximate surface area is 159 Å². The fourth-order valence-corrected chi connectivity index (χ4v) is 3.51. The van der Waals surface area contributed by atoms with Crippen molar-refractivity contribution in [2.75, 3.05) is 10.6 Å². The van der Waals surface area contributed by atoms with Gasteiger partial charge >= 0.3 is 0 Å². The molecule has 3 rings (SSSR count). The van der Waals surface area contributed by atoms with E-state index in [2.05, 4.69) is 26.6 Å². The molecule has 1 aliphatic rings. The fourth-order valence-electron chi connectivity index (χ4n) is 2.26. The van der Waals surface area contributed by atoms with Crippen LogP contribution in [0.15, 0.2) is 57.9 Å². The van der Waals surface area contributed by atoms with E-state index in [0.717, 1.165) is 33.6 Å². The molecular weight excluding hydrogens is 400 g/mol. The Hall–Kier alpha value is -1.79. The van der Waals surface area contributed by atoms with Crippen molar-refractivity contribution in [1.82, 2.24) is 0 Å². The lowest BCUT2D eigenvalue weighted by Gasteiger charge is -2.13. The maximum absolute atomic E-state index is 12.4. The molecule has 2 aromatic rings. The number of anilines is 2. The number of thioether (sulfide) groups is 1. The van der Waals surface area contributed by atoms with Gasteiger partial charge < -0.3 is 10.6 Å². The highest BCUT2D eigenvalue weighted by atomic mass is 79.9. The van der Waals surface area contributed by atoms with E-state index < -0.39 is 0 Å². The number of benzene rings is 2. The van der Waals surface area contributed by atoms with Crippen LogP contribution in [0.1, 0.15) is 19.8 Å². The number of carbonyl (C=O) groups excluding carboxylic acids is 2. The molecule has 25 heavy (non-hydrogen) atoms. The van der Waals surface area contributed by atoms with Crippen LogP contribution in [0.25, 0.3) is 0 Å². The summed E-state index contributed by atoms with van der Waals surface area (Å²) in [4.78, 5) is 25.1. The third kappa shape index (κ3) is 5.09. The Morgan fingerprint density at radius 1 is 1.08 bits per heavy atom. The van der Waals surface area contributed by atoms with Gasteiger partial charge in [-0.1, -0.05) is 12.1 Å². The van der Waals surface area contributed by atoms with Crippen molar-refractivity contribution < 1.29 is 9.59 Å². The van der Waals surface area contributed by atoms with Gasteiger partial charge in [0.25, 0.3) is 0 Å². The van der Waals surface area contributed by atoms with Crippen LogP contribution in [0.4, 0.5) is 11.4 Å². The molecule has 1 saturated carbocycles. The molecule has 1 atom stereocenters. The second-order valence-corrected chi connectivity index (χ2v) is 8.29. The second kappa shape index (κ2) is 8.06. The number of halogens is 1. The zero-order valence-corrected chi connectivity index (χ0v) is 16.2. The van der Waals surface area contributed by atoms with Gasteiger partial charge in [0.2, 0.25) is 11.8 Å². The molecule has 6 heteroatoms. The highest BCUT2D eigenvalue weighted by Gasteiger charge is 2.29. The zero-order valence-electron chi connectivity index (χ0n) is 13.8. The van der Waals surface area contributed by atoms with Crippen LogP contribution in [-0.2, 0) is 9.59 Å². The SMILES string of the molecule is CC(Sc1ccc(NC(=O)C2CC2)cc1)C(=O)Nc1ccccc1Br. The topological polar surface area (TPSA) is 58.2 Å². The van der Waals surface area contributed by atoms with Crippen molar-refractivity contribution in [1.29, 1.82) is 0 Å². The number of para-hydroxylation sites is 1. The molecule has 130 valence electrons. The number of hydrogen-bond donors (Lipinski definition) is 2. The van der Waals surface area contributed by atoms with Gasteiger partial charge in [0, 0.05) is 21.0 Å². The van der Waals surface area contributed by atoms with Crippen LogP contribution in [-0.4, -0.2) is 17.1 Å². The van der Waals surface area contributed by atoms with Crippen molar-refractivity contribution in [2.45, 2.75) is 29.9 Å². The van der Waals surface area contributed by atoms with Crippen LogP contribution in [0.3, 0.4) is 0 Å². The lowest BCUT2D eigenvalue weighted by atomic mass is 10.3. The molecule has 0 radical (unpaired) electrons. The number of hydrogen-bond acceptors (Lipinski definition) is 3. The average molecular weight is 419 g/mol. The third-order valence-corrected chi connectivity index (χ3v) is 5.69. The Balaban J connectivity index is 1.54. The van der Waals surface area contributed by atoms with E-state index in [1.807, 2.05) is 55.5 Å². The molecule has 2 aromatic carbocycles. The number of nitrogens with one attached hydrogen (secondary N) is 2. The van der Waals surface area contributed by atoms with Gasteiger partial charge in [0.1, 0.15) is 0 Å². The van der Waals surface area contributed by atoms with E-state index in [-0.39, 0.29) is 23.0 Å². The molecule has 2 N–H and O–H groups in total. The highest BCUT2D eigenvalue weighted by Crippen LogP contribution is 2.31. The Morgan fingerprint density at radius 3 is 2.40 bits per heavy atom. The quantitative estimate of drug-likeness (QED) is 0.654. The molecule has 1 fully saturated rings. The van der Waals surface area contributed by atoms with Crippen LogP contribution < -0.4 is 10.6 Å². The summed E-state index contributed by atoms with van der Waals surface area (Å²) >= 11 is 4.91. The highest BCUT2D eigenvalue weighted by molar-refractivity contribution is 9.10. The summed E-state index contributed by atoms with van der Waals surface area (Å²) in [7, 11) is 0. The van der Waals surface area contributed by atoms with Gasteiger partial charge in [-0.15, -0.1) is 11.8 Å². The summed E-state index contributed by atoms with van der Waals surface area (Å²) in [5.41, 5.74) is 1.56. The Bertz CT molecular complexity index is 775. The first-order chi connectivity index (χ1) is 12.0. The maximum atomic E-state index is 12.4. The summed E-state index contributed by atoms with van der Waals surface area (Å²) < 4.78 is 0.858. The van der Waals surface area contributed by atoms with Crippen molar-refractivity contribution in [3.8, 4) is 0 Å². The minimum Gasteiger partial charge on any atom is -0.326 e. The predicted octanol–water partition coefficient (Wildman–Crippen LogP) is 4.92. The summed E-state index contributed by atoms with van der Waals surface area (Å²) in [6.07, 6.45) is 1.98. The monoisotopic (exact) mass is 418 g/mol. The molecule has 0 bridgehead atoms. The minimum atomic E-state index is -0.237. The molecular formula is C19H19BrN2O2S. The van der Waals surface area contributed by atoms with Gasteiger partial charge in [0.15, 0.2) is 0 Å². The number of rotatable bonds is 6. The van der Waals surface area contributed by atoms with E-state index in [1.165, 1.54) is 11.8 Å². The maximum Gasteiger partial charge on any atom is 0.237 e. The summed E-state index contributed by atoms with van der Waals surface area (Å²) in [6.45, 7) is 1.87. The smallest absolute Gasteiger partial charge is 0.237 e. The van der Waals surface area contributed by atoms with Crippen LogP contribution >= 0.6 is 27.7 Å². The van der Waals surface area contributed by atoms with Crippen molar-refractivity contribution in [2.24, 2.45) is 5.92 Å². The lowest BCUT2D eigenvalue weighted by Crippen LogP contribution is -2.22. The summed E-state index contributed by atoms with van der Waals surface area (Å²) in [5, 5.41) is 5.60. The van der Waals surface area contributed by atoms with E-state index in [4.69, 9.17) is 0 Å². The van der Waals surface area contributed by atoms with Crippen LogP contribution in [0, 0.1) is 5.92 Å². The third-order valence-electron chi connectivity index (χ3n) is 3.88. The standard InChI is InChI=1S/C19H19BrN2O2S/c1-12(18(23)22-17-5-3-2-4-16(17)20)25-15-10-8-14(9-11-15)21-19(24)13-6-7-13/h2-5,8-13H,6-7H2,1H3,(H,21,24)(H,22,23). The average Bonchev–Trinajstić information content (AvgIpc) is 3.43. The number of carbonyl (C=O) groups is 2. The van der Waals surface area contributed by atoms with Gasteiger partial charge in [0.05, 0.1) is 10.9 Å². The molecule has 4 nitrogen and oxygen atoms in total. The van der Waals surface area contributed by atoms with E-state index in [0.29, 0.717) is 0 Å². The normalized spacial score (nSPS) is 14.6. The van der Waals surface area contributed by atoms with E-state index >= 15 is 0 Å². The number of amides is 2. The van der Waals surface area contributed by atoms with E-state index in [1.54, 1.807) is 0 Å². The molecule has 0 heterocycles.